The van der Waals surface area contributed by atoms with Gasteiger partial charge in [-0.05, 0) is 47.4 Å². The molecule has 0 radical (unpaired) electrons. The van der Waals surface area contributed by atoms with E-state index in [2.05, 4.69) is 20.3 Å². The van der Waals surface area contributed by atoms with Gasteiger partial charge in [-0.15, -0.1) is 0 Å². The molecule has 0 saturated carbocycles. The summed E-state index contributed by atoms with van der Waals surface area (Å²) in [5, 5.41) is 23.0. The third-order valence-corrected chi connectivity index (χ3v) is 6.74. The second kappa shape index (κ2) is 11.8. The van der Waals surface area contributed by atoms with Crippen LogP contribution in [0.4, 0.5) is 13.2 Å². The zero-order chi connectivity index (χ0) is 30.7. The smallest absolute Gasteiger partial charge is 0.416 e. The molecule has 0 unspecified atom stereocenters. The molecule has 3 heterocycles. The van der Waals surface area contributed by atoms with Crippen molar-refractivity contribution in [2.75, 3.05) is 6.54 Å². The third kappa shape index (κ3) is 6.08. The number of fused-ring (bicyclic) bond motifs is 1. The highest BCUT2D eigenvalue weighted by molar-refractivity contribution is 6.07. The maximum atomic E-state index is 13.7. The first-order valence-electron chi connectivity index (χ1n) is 13.0. The molecule has 1 amide bonds. The highest BCUT2D eigenvalue weighted by atomic mass is 19.4. The van der Waals surface area contributed by atoms with Crippen molar-refractivity contribution in [3.8, 4) is 28.1 Å². The van der Waals surface area contributed by atoms with Crippen molar-refractivity contribution in [3.05, 3.63) is 112 Å². The molecule has 0 atom stereocenters. The number of rotatable bonds is 8. The first-order valence-corrected chi connectivity index (χ1v) is 13.0. The maximum Gasteiger partial charge on any atom is 0.416 e. The van der Waals surface area contributed by atoms with Crippen LogP contribution in [0.25, 0.3) is 33.3 Å². The summed E-state index contributed by atoms with van der Waals surface area (Å²) >= 11 is 0. The van der Waals surface area contributed by atoms with Crippen LogP contribution in [0.2, 0.25) is 0 Å². The Hall–Kier alpha value is -5.52. The standard InChI is InChI=1S/C31H23F3N4O5/c32-31(33,34)20-10-8-18(9-11-20)23-21(15-17-5-2-1-3-6-17)24-26(38-29(23)42)25(19-7-4-13-35-16-19)37-27(28(24)41)30(43)36-14-12-22(39)40/h1-11,13,16,41H,12,14-15H2,(H,36,43)(H,38,42)(H,39,40). The Bertz CT molecular complexity index is 1870. The van der Waals surface area contributed by atoms with Crippen molar-refractivity contribution < 1.29 is 33.0 Å². The summed E-state index contributed by atoms with van der Waals surface area (Å²) in [7, 11) is 0. The van der Waals surface area contributed by atoms with Crippen molar-refractivity contribution in [2.24, 2.45) is 0 Å². The Morgan fingerprint density at radius 3 is 2.30 bits per heavy atom. The lowest BCUT2D eigenvalue weighted by Gasteiger charge is -2.18. The number of aromatic hydroxyl groups is 1. The molecular formula is C31H23F3N4O5. The van der Waals surface area contributed by atoms with E-state index in [-0.39, 0.29) is 52.7 Å². The van der Waals surface area contributed by atoms with Gasteiger partial charge in [0, 0.05) is 29.9 Å². The van der Waals surface area contributed by atoms with Gasteiger partial charge in [-0.25, -0.2) is 4.98 Å². The van der Waals surface area contributed by atoms with Crippen LogP contribution in [0.15, 0.2) is 83.9 Å². The molecule has 0 aliphatic carbocycles. The lowest BCUT2D eigenvalue weighted by atomic mass is 9.91. The number of amides is 1. The Balaban J connectivity index is 1.83. The van der Waals surface area contributed by atoms with Gasteiger partial charge in [0.15, 0.2) is 11.4 Å². The van der Waals surface area contributed by atoms with Crippen LogP contribution < -0.4 is 10.9 Å². The van der Waals surface area contributed by atoms with Gasteiger partial charge in [-0.1, -0.05) is 42.5 Å². The molecule has 43 heavy (non-hydrogen) atoms. The number of alkyl halides is 3. The molecule has 0 fully saturated rings. The van der Waals surface area contributed by atoms with Crippen LogP contribution in [-0.4, -0.2) is 43.6 Å². The molecule has 4 N–H and O–H groups in total. The fraction of sp³-hybridized carbons (Fsp3) is 0.129. The Morgan fingerprint density at radius 2 is 1.67 bits per heavy atom. The number of benzene rings is 2. The van der Waals surface area contributed by atoms with Crippen molar-refractivity contribution in [2.45, 2.75) is 19.0 Å². The minimum Gasteiger partial charge on any atom is -0.505 e. The number of nitrogens with one attached hydrogen (secondary N) is 2. The van der Waals surface area contributed by atoms with Gasteiger partial charge in [-0.2, -0.15) is 13.2 Å². The van der Waals surface area contributed by atoms with Crippen LogP contribution >= 0.6 is 0 Å². The molecule has 0 saturated heterocycles. The summed E-state index contributed by atoms with van der Waals surface area (Å²) in [4.78, 5) is 49.0. The molecule has 2 aromatic carbocycles. The number of hydrogen-bond donors (Lipinski definition) is 4. The molecular weight excluding hydrogens is 565 g/mol. The predicted octanol–water partition coefficient (Wildman–Crippen LogP) is 5.17. The van der Waals surface area contributed by atoms with E-state index in [4.69, 9.17) is 5.11 Å². The second-order valence-electron chi connectivity index (χ2n) is 9.59. The number of pyridine rings is 3. The van der Waals surface area contributed by atoms with E-state index in [9.17, 15) is 32.7 Å². The molecule has 3 aromatic heterocycles. The van der Waals surface area contributed by atoms with Crippen LogP contribution in [0.1, 0.15) is 33.6 Å². The first-order chi connectivity index (χ1) is 20.5. The van der Waals surface area contributed by atoms with Crippen molar-refractivity contribution >= 4 is 22.8 Å². The number of halogens is 3. The molecule has 0 bridgehead atoms. The number of hydrogen-bond acceptors (Lipinski definition) is 6. The largest absolute Gasteiger partial charge is 0.505 e. The first kappa shape index (κ1) is 29.0. The summed E-state index contributed by atoms with van der Waals surface area (Å²) in [6.45, 7) is -0.241. The van der Waals surface area contributed by atoms with E-state index in [1.807, 2.05) is 0 Å². The normalized spacial score (nSPS) is 11.4. The highest BCUT2D eigenvalue weighted by Crippen LogP contribution is 2.39. The fourth-order valence-corrected chi connectivity index (χ4v) is 4.77. The van der Waals surface area contributed by atoms with E-state index in [1.54, 1.807) is 42.5 Å². The predicted molar refractivity (Wildman–Crippen MR) is 152 cm³/mol. The average molecular weight is 589 g/mol. The van der Waals surface area contributed by atoms with Gasteiger partial charge in [0.05, 0.1) is 28.8 Å². The van der Waals surface area contributed by atoms with Crippen LogP contribution in [0, 0.1) is 0 Å². The minimum absolute atomic E-state index is 0.000879. The second-order valence-corrected chi connectivity index (χ2v) is 9.59. The van der Waals surface area contributed by atoms with Gasteiger partial charge in [0.2, 0.25) is 0 Å². The molecule has 5 rings (SSSR count). The number of carbonyl (C=O) groups excluding carboxylic acids is 1. The van der Waals surface area contributed by atoms with E-state index < -0.39 is 40.6 Å². The third-order valence-electron chi connectivity index (χ3n) is 6.74. The maximum absolute atomic E-state index is 13.7. The quantitative estimate of drug-likeness (QED) is 0.196. The molecule has 0 aliphatic rings. The topological polar surface area (TPSA) is 145 Å². The SMILES string of the molecule is O=C(O)CCNC(=O)c1nc(-c2cccnc2)c2[nH]c(=O)c(-c3ccc(C(F)(F)F)cc3)c(Cc3ccccc3)c2c1O. The van der Waals surface area contributed by atoms with E-state index in [1.165, 1.54) is 24.5 Å². The Morgan fingerprint density at radius 1 is 0.953 bits per heavy atom. The molecule has 12 heteroatoms. The Kier molecular flexibility index (Phi) is 7.93. The van der Waals surface area contributed by atoms with Gasteiger partial charge in [0.1, 0.15) is 0 Å². The number of nitrogens with zero attached hydrogens (tertiary/aromatic N) is 2. The summed E-state index contributed by atoms with van der Waals surface area (Å²) in [5.74, 6) is -2.60. The molecule has 0 aliphatic heterocycles. The monoisotopic (exact) mass is 588 g/mol. The van der Waals surface area contributed by atoms with Gasteiger partial charge < -0.3 is 20.5 Å². The van der Waals surface area contributed by atoms with Gasteiger partial charge in [-0.3, -0.25) is 19.4 Å². The zero-order valence-corrected chi connectivity index (χ0v) is 22.3. The molecule has 0 spiro atoms. The number of carboxylic acid groups (broad SMARTS) is 1. The highest BCUT2D eigenvalue weighted by Gasteiger charge is 2.31. The van der Waals surface area contributed by atoms with Crippen LogP contribution in [0.5, 0.6) is 5.75 Å². The van der Waals surface area contributed by atoms with E-state index >= 15 is 0 Å². The number of carbonyl (C=O) groups is 2. The summed E-state index contributed by atoms with van der Waals surface area (Å²) in [6, 6.07) is 16.2. The fourth-order valence-electron chi connectivity index (χ4n) is 4.77. The lowest BCUT2D eigenvalue weighted by Crippen LogP contribution is -2.27. The van der Waals surface area contributed by atoms with Crippen molar-refractivity contribution in [1.29, 1.82) is 0 Å². The van der Waals surface area contributed by atoms with Crippen LogP contribution in [0.3, 0.4) is 0 Å². The summed E-state index contributed by atoms with van der Waals surface area (Å²) in [6.07, 6.45) is -1.95. The number of carboxylic acids is 1. The molecule has 218 valence electrons. The van der Waals surface area contributed by atoms with E-state index in [0.29, 0.717) is 11.1 Å². The summed E-state index contributed by atoms with van der Waals surface area (Å²) in [5.41, 5.74) is -0.272. The number of aromatic nitrogens is 3. The Labute approximate surface area is 241 Å². The molecule has 5 aromatic rings. The van der Waals surface area contributed by atoms with Crippen molar-refractivity contribution in [1.82, 2.24) is 20.3 Å². The van der Waals surface area contributed by atoms with Gasteiger partial charge in [0.25, 0.3) is 11.5 Å². The number of aromatic amines is 1. The minimum atomic E-state index is -4.59. The zero-order valence-electron chi connectivity index (χ0n) is 22.3. The lowest BCUT2D eigenvalue weighted by molar-refractivity contribution is -0.138. The molecule has 9 nitrogen and oxygen atoms in total. The number of H-pyrrole nitrogens is 1. The van der Waals surface area contributed by atoms with E-state index in [0.717, 1.165) is 12.1 Å². The van der Waals surface area contributed by atoms with Crippen LogP contribution in [-0.2, 0) is 17.4 Å². The average Bonchev–Trinajstić information content (AvgIpc) is 2.97. The summed E-state index contributed by atoms with van der Waals surface area (Å²) < 4.78 is 39.9. The van der Waals surface area contributed by atoms with Gasteiger partial charge >= 0.3 is 12.1 Å². The van der Waals surface area contributed by atoms with Crippen molar-refractivity contribution in [3.63, 3.8) is 0 Å². The number of aliphatic carboxylic acids is 1.